The third-order valence-electron chi connectivity index (χ3n) is 2.95. The van der Waals surface area contributed by atoms with Crippen LogP contribution < -0.4 is 0 Å². The van der Waals surface area contributed by atoms with Crippen LogP contribution in [0.4, 0.5) is 0 Å². The fraction of sp³-hybridized carbons (Fsp3) is 0.133. The van der Waals surface area contributed by atoms with Gasteiger partial charge >= 0.3 is 0 Å². The third-order valence-corrected chi connectivity index (χ3v) is 3.92. The highest BCUT2D eigenvalue weighted by Crippen LogP contribution is 2.29. The fourth-order valence-corrected chi connectivity index (χ4v) is 2.68. The van der Waals surface area contributed by atoms with Gasteiger partial charge in [-0.3, -0.25) is 0 Å². The van der Waals surface area contributed by atoms with E-state index in [1.807, 2.05) is 36.4 Å². The van der Waals surface area contributed by atoms with Crippen LogP contribution in [0.3, 0.4) is 0 Å². The maximum atomic E-state index is 9.48. The van der Waals surface area contributed by atoms with Crippen molar-refractivity contribution in [3.8, 4) is 0 Å². The molecule has 0 aliphatic heterocycles. The van der Waals surface area contributed by atoms with E-state index in [0.29, 0.717) is 0 Å². The second-order valence-corrected chi connectivity index (χ2v) is 5.41. The SMILES string of the molecule is CC(O)c1ccc(Sc2ncnc3ccccc23)nc1. The van der Waals surface area contributed by atoms with Crippen molar-refractivity contribution < 1.29 is 5.11 Å². The van der Waals surface area contributed by atoms with Gasteiger partial charge in [0, 0.05) is 11.6 Å². The van der Waals surface area contributed by atoms with Gasteiger partial charge in [0.05, 0.1) is 11.6 Å². The smallest absolute Gasteiger partial charge is 0.117 e. The van der Waals surface area contributed by atoms with Gasteiger partial charge in [-0.25, -0.2) is 15.0 Å². The van der Waals surface area contributed by atoms with Gasteiger partial charge in [-0.15, -0.1) is 0 Å². The lowest BCUT2D eigenvalue weighted by Gasteiger charge is -2.06. The van der Waals surface area contributed by atoms with E-state index in [4.69, 9.17) is 0 Å². The Morgan fingerprint density at radius 2 is 1.90 bits per heavy atom. The topological polar surface area (TPSA) is 58.9 Å². The summed E-state index contributed by atoms with van der Waals surface area (Å²) in [6, 6.07) is 11.7. The minimum absolute atomic E-state index is 0.499. The Balaban J connectivity index is 1.93. The lowest BCUT2D eigenvalue weighted by molar-refractivity contribution is 0.198. The van der Waals surface area contributed by atoms with Gasteiger partial charge in [-0.05, 0) is 36.4 Å². The molecule has 2 aromatic heterocycles. The van der Waals surface area contributed by atoms with Crippen LogP contribution in [-0.4, -0.2) is 20.1 Å². The summed E-state index contributed by atoms with van der Waals surface area (Å²) in [4.78, 5) is 12.9. The number of fused-ring (bicyclic) bond motifs is 1. The maximum absolute atomic E-state index is 9.48. The first-order valence-corrected chi connectivity index (χ1v) is 7.07. The van der Waals surface area contributed by atoms with Crippen LogP contribution >= 0.6 is 11.8 Å². The van der Waals surface area contributed by atoms with Crippen molar-refractivity contribution in [3.05, 3.63) is 54.5 Å². The van der Waals surface area contributed by atoms with E-state index < -0.39 is 6.10 Å². The zero-order chi connectivity index (χ0) is 13.9. The van der Waals surface area contributed by atoms with Gasteiger partial charge in [0.15, 0.2) is 0 Å². The molecular formula is C15H13N3OS. The number of benzene rings is 1. The van der Waals surface area contributed by atoms with Crippen LogP contribution in [0.15, 0.2) is 59.0 Å². The number of aromatic nitrogens is 3. The van der Waals surface area contributed by atoms with E-state index in [9.17, 15) is 5.11 Å². The molecule has 1 atom stereocenters. The molecule has 0 aliphatic rings. The number of hydrogen-bond acceptors (Lipinski definition) is 5. The highest BCUT2D eigenvalue weighted by Gasteiger charge is 2.07. The molecule has 1 aromatic carbocycles. The number of rotatable bonds is 3. The van der Waals surface area contributed by atoms with E-state index in [-0.39, 0.29) is 0 Å². The Morgan fingerprint density at radius 3 is 2.65 bits per heavy atom. The van der Waals surface area contributed by atoms with Crippen LogP contribution in [0.1, 0.15) is 18.6 Å². The van der Waals surface area contributed by atoms with Crippen molar-refractivity contribution in [2.45, 2.75) is 23.1 Å². The van der Waals surface area contributed by atoms with Crippen molar-refractivity contribution in [1.29, 1.82) is 0 Å². The third kappa shape index (κ3) is 2.64. The number of nitrogens with zero attached hydrogens (tertiary/aromatic N) is 3. The Labute approximate surface area is 120 Å². The Bertz CT molecular complexity index is 723. The van der Waals surface area contributed by atoms with Crippen LogP contribution in [0.2, 0.25) is 0 Å². The van der Waals surface area contributed by atoms with Crippen LogP contribution in [-0.2, 0) is 0 Å². The number of pyridine rings is 1. The number of aliphatic hydroxyl groups is 1. The van der Waals surface area contributed by atoms with Gasteiger partial charge in [-0.1, -0.05) is 24.3 Å². The molecule has 3 rings (SSSR count). The molecule has 0 radical (unpaired) electrons. The van der Waals surface area contributed by atoms with Gasteiger partial charge in [0.2, 0.25) is 0 Å². The average molecular weight is 283 g/mol. The quantitative estimate of drug-likeness (QED) is 0.748. The highest BCUT2D eigenvalue weighted by molar-refractivity contribution is 7.99. The normalized spacial score (nSPS) is 12.5. The Morgan fingerprint density at radius 1 is 1.05 bits per heavy atom. The van der Waals surface area contributed by atoms with Crippen molar-refractivity contribution in [2.75, 3.05) is 0 Å². The minimum Gasteiger partial charge on any atom is -0.389 e. The summed E-state index contributed by atoms with van der Waals surface area (Å²) in [6.07, 6.45) is 2.76. The standard InChI is InChI=1S/C15H13N3OS/c1-10(19)11-6-7-14(16-8-11)20-15-12-4-2-3-5-13(12)17-9-18-15/h2-10,19H,1H3. The van der Waals surface area contributed by atoms with Gasteiger partial charge < -0.3 is 5.11 Å². The largest absolute Gasteiger partial charge is 0.389 e. The van der Waals surface area contributed by atoms with Crippen molar-refractivity contribution in [1.82, 2.24) is 15.0 Å². The first-order valence-electron chi connectivity index (χ1n) is 6.25. The Kier molecular flexibility index (Phi) is 3.62. The van der Waals surface area contributed by atoms with Gasteiger partial charge in [-0.2, -0.15) is 0 Å². The molecule has 0 aliphatic carbocycles. The molecule has 0 amide bonds. The first kappa shape index (κ1) is 13.0. The van der Waals surface area contributed by atoms with E-state index in [1.54, 1.807) is 19.4 Å². The zero-order valence-electron chi connectivity index (χ0n) is 10.9. The molecular weight excluding hydrogens is 270 g/mol. The molecule has 0 fully saturated rings. The van der Waals surface area contributed by atoms with E-state index >= 15 is 0 Å². The summed E-state index contributed by atoms with van der Waals surface area (Å²) in [6.45, 7) is 1.72. The second kappa shape index (κ2) is 5.56. The van der Waals surface area contributed by atoms with E-state index in [1.165, 1.54) is 11.8 Å². The summed E-state index contributed by atoms with van der Waals surface area (Å²) in [5.74, 6) is 0. The summed E-state index contributed by atoms with van der Waals surface area (Å²) >= 11 is 1.49. The average Bonchev–Trinajstić information content (AvgIpc) is 2.48. The van der Waals surface area contributed by atoms with Crippen molar-refractivity contribution in [3.63, 3.8) is 0 Å². The van der Waals surface area contributed by atoms with E-state index in [2.05, 4.69) is 15.0 Å². The summed E-state index contributed by atoms with van der Waals surface area (Å²) in [7, 11) is 0. The summed E-state index contributed by atoms with van der Waals surface area (Å²) in [5.41, 5.74) is 1.73. The predicted molar refractivity (Wildman–Crippen MR) is 78.5 cm³/mol. The lowest BCUT2D eigenvalue weighted by Crippen LogP contribution is -1.92. The minimum atomic E-state index is -0.499. The number of para-hydroxylation sites is 1. The molecule has 4 nitrogen and oxygen atoms in total. The highest BCUT2D eigenvalue weighted by atomic mass is 32.2. The molecule has 100 valence electrons. The van der Waals surface area contributed by atoms with Crippen LogP contribution in [0.5, 0.6) is 0 Å². The second-order valence-electron chi connectivity index (χ2n) is 4.40. The van der Waals surface area contributed by atoms with Gasteiger partial charge in [0.25, 0.3) is 0 Å². The van der Waals surface area contributed by atoms with Crippen LogP contribution in [0.25, 0.3) is 10.9 Å². The number of hydrogen-bond donors (Lipinski definition) is 1. The lowest BCUT2D eigenvalue weighted by atomic mass is 10.2. The van der Waals surface area contributed by atoms with Crippen molar-refractivity contribution >= 4 is 22.7 Å². The monoisotopic (exact) mass is 283 g/mol. The fourth-order valence-electron chi connectivity index (χ4n) is 1.86. The molecule has 0 spiro atoms. The van der Waals surface area contributed by atoms with Crippen molar-refractivity contribution in [2.24, 2.45) is 0 Å². The predicted octanol–water partition coefficient (Wildman–Crippen LogP) is 3.23. The maximum Gasteiger partial charge on any atom is 0.117 e. The number of aliphatic hydroxyl groups excluding tert-OH is 1. The molecule has 3 aromatic rings. The first-order chi connectivity index (χ1) is 9.74. The summed E-state index contributed by atoms with van der Waals surface area (Å²) < 4.78 is 0. The molecule has 1 N–H and O–H groups in total. The Hall–Kier alpha value is -1.98. The molecule has 20 heavy (non-hydrogen) atoms. The molecule has 5 heteroatoms. The zero-order valence-corrected chi connectivity index (χ0v) is 11.7. The van der Waals surface area contributed by atoms with Gasteiger partial charge in [0.1, 0.15) is 16.4 Å². The van der Waals surface area contributed by atoms with E-state index in [0.717, 1.165) is 26.5 Å². The molecule has 2 heterocycles. The molecule has 1 unspecified atom stereocenters. The molecule has 0 saturated carbocycles. The molecule has 0 bridgehead atoms. The molecule has 0 saturated heterocycles. The van der Waals surface area contributed by atoms with Crippen LogP contribution in [0, 0.1) is 0 Å². The summed E-state index contributed by atoms with van der Waals surface area (Å²) in [5, 5.41) is 12.2.